The van der Waals surface area contributed by atoms with Crippen LogP contribution >= 0.6 is 0 Å². The van der Waals surface area contributed by atoms with Gasteiger partial charge in [0.25, 0.3) is 5.91 Å². The minimum absolute atomic E-state index is 0.199. The van der Waals surface area contributed by atoms with Crippen LogP contribution in [0.1, 0.15) is 24.3 Å². The van der Waals surface area contributed by atoms with E-state index in [4.69, 9.17) is 4.52 Å². The SMILES string of the molecule is CC(C)CNC(=O)c1cc(-c2ccccc2)on1. The largest absolute Gasteiger partial charge is 0.355 e. The van der Waals surface area contributed by atoms with Gasteiger partial charge in [-0.15, -0.1) is 0 Å². The van der Waals surface area contributed by atoms with E-state index >= 15 is 0 Å². The molecule has 1 N–H and O–H groups in total. The summed E-state index contributed by atoms with van der Waals surface area (Å²) in [5.74, 6) is 0.814. The molecular formula is C14H16N2O2. The van der Waals surface area contributed by atoms with Crippen LogP contribution < -0.4 is 5.32 Å². The average Bonchev–Trinajstić information content (AvgIpc) is 2.86. The standard InChI is InChI=1S/C14H16N2O2/c1-10(2)9-15-14(17)12-8-13(18-16-12)11-6-4-3-5-7-11/h3-8,10H,9H2,1-2H3,(H,15,17). The fourth-order valence-electron chi connectivity index (χ4n) is 1.51. The summed E-state index contributed by atoms with van der Waals surface area (Å²) in [6.45, 7) is 4.71. The number of benzene rings is 1. The quantitative estimate of drug-likeness (QED) is 0.899. The third-order valence-electron chi connectivity index (χ3n) is 2.47. The van der Waals surface area contributed by atoms with E-state index in [-0.39, 0.29) is 5.91 Å². The zero-order chi connectivity index (χ0) is 13.0. The molecule has 0 radical (unpaired) electrons. The number of nitrogens with one attached hydrogen (secondary N) is 1. The fourth-order valence-corrected chi connectivity index (χ4v) is 1.51. The molecule has 18 heavy (non-hydrogen) atoms. The molecule has 0 fully saturated rings. The molecule has 0 spiro atoms. The highest BCUT2D eigenvalue weighted by atomic mass is 16.5. The minimum atomic E-state index is -0.199. The number of carbonyl (C=O) groups is 1. The summed E-state index contributed by atoms with van der Waals surface area (Å²) in [6, 6.07) is 11.2. The lowest BCUT2D eigenvalue weighted by Crippen LogP contribution is -2.27. The van der Waals surface area contributed by atoms with Crippen molar-refractivity contribution in [1.82, 2.24) is 10.5 Å². The fraction of sp³-hybridized carbons (Fsp3) is 0.286. The number of nitrogens with zero attached hydrogens (tertiary/aromatic N) is 1. The first kappa shape index (κ1) is 12.4. The number of aromatic nitrogens is 1. The Bertz CT molecular complexity index is 518. The lowest BCUT2D eigenvalue weighted by atomic mass is 10.1. The van der Waals surface area contributed by atoms with Crippen molar-refractivity contribution in [3.05, 3.63) is 42.1 Å². The topological polar surface area (TPSA) is 55.1 Å². The first-order valence-corrected chi connectivity index (χ1v) is 5.97. The van der Waals surface area contributed by atoms with Crippen LogP contribution in [0.4, 0.5) is 0 Å². The van der Waals surface area contributed by atoms with E-state index < -0.39 is 0 Å². The molecule has 0 atom stereocenters. The molecule has 1 aromatic carbocycles. The molecular weight excluding hydrogens is 228 g/mol. The molecule has 1 aromatic heterocycles. The predicted molar refractivity (Wildman–Crippen MR) is 69.1 cm³/mol. The lowest BCUT2D eigenvalue weighted by Gasteiger charge is -2.04. The highest BCUT2D eigenvalue weighted by Crippen LogP contribution is 2.19. The molecule has 0 bridgehead atoms. The van der Waals surface area contributed by atoms with E-state index in [1.54, 1.807) is 6.07 Å². The zero-order valence-corrected chi connectivity index (χ0v) is 10.5. The van der Waals surface area contributed by atoms with Gasteiger partial charge in [-0.2, -0.15) is 0 Å². The molecule has 0 aliphatic carbocycles. The third-order valence-corrected chi connectivity index (χ3v) is 2.47. The Balaban J connectivity index is 2.09. The number of carbonyl (C=O) groups excluding carboxylic acids is 1. The van der Waals surface area contributed by atoms with Crippen LogP contribution in [0.25, 0.3) is 11.3 Å². The van der Waals surface area contributed by atoms with Crippen molar-refractivity contribution in [1.29, 1.82) is 0 Å². The molecule has 0 saturated carbocycles. The first-order chi connectivity index (χ1) is 8.66. The zero-order valence-electron chi connectivity index (χ0n) is 10.5. The predicted octanol–water partition coefficient (Wildman–Crippen LogP) is 2.73. The van der Waals surface area contributed by atoms with Crippen LogP contribution in [0.5, 0.6) is 0 Å². The van der Waals surface area contributed by atoms with Gasteiger partial charge in [0, 0.05) is 18.2 Å². The van der Waals surface area contributed by atoms with Gasteiger partial charge in [-0.3, -0.25) is 4.79 Å². The summed E-state index contributed by atoms with van der Waals surface area (Å²) in [5.41, 5.74) is 1.22. The molecule has 2 rings (SSSR count). The van der Waals surface area contributed by atoms with E-state index in [0.717, 1.165) is 5.56 Å². The second-order valence-corrected chi connectivity index (χ2v) is 4.55. The van der Waals surface area contributed by atoms with Crippen LogP contribution in [0, 0.1) is 5.92 Å². The molecule has 1 heterocycles. The van der Waals surface area contributed by atoms with E-state index in [2.05, 4.69) is 10.5 Å². The maximum atomic E-state index is 11.8. The second-order valence-electron chi connectivity index (χ2n) is 4.55. The van der Waals surface area contributed by atoms with Crippen molar-refractivity contribution < 1.29 is 9.32 Å². The van der Waals surface area contributed by atoms with Crippen LogP contribution in [-0.4, -0.2) is 17.6 Å². The molecule has 4 heteroatoms. The lowest BCUT2D eigenvalue weighted by molar-refractivity contribution is 0.0940. The summed E-state index contributed by atoms with van der Waals surface area (Å²) < 4.78 is 5.17. The van der Waals surface area contributed by atoms with Gasteiger partial charge in [-0.25, -0.2) is 0 Å². The Kier molecular flexibility index (Phi) is 3.77. The Morgan fingerprint density at radius 1 is 1.33 bits per heavy atom. The van der Waals surface area contributed by atoms with Crippen LogP contribution in [0.3, 0.4) is 0 Å². The summed E-state index contributed by atoms with van der Waals surface area (Å²) in [6.07, 6.45) is 0. The van der Waals surface area contributed by atoms with Gasteiger partial charge in [0.2, 0.25) is 0 Å². The molecule has 0 unspecified atom stereocenters. The van der Waals surface area contributed by atoms with E-state index in [9.17, 15) is 4.79 Å². The monoisotopic (exact) mass is 244 g/mol. The van der Waals surface area contributed by atoms with Crippen molar-refractivity contribution in [2.24, 2.45) is 5.92 Å². The van der Waals surface area contributed by atoms with Gasteiger partial charge in [-0.1, -0.05) is 49.3 Å². The third kappa shape index (κ3) is 2.97. The Labute approximate surface area is 106 Å². The highest BCUT2D eigenvalue weighted by molar-refractivity contribution is 5.93. The van der Waals surface area contributed by atoms with Gasteiger partial charge < -0.3 is 9.84 Å². The average molecular weight is 244 g/mol. The molecule has 0 aliphatic rings. The number of rotatable bonds is 4. The van der Waals surface area contributed by atoms with Gasteiger partial charge in [0.05, 0.1) is 0 Å². The van der Waals surface area contributed by atoms with Crippen molar-refractivity contribution in [3.63, 3.8) is 0 Å². The summed E-state index contributed by atoms with van der Waals surface area (Å²) in [7, 11) is 0. The molecule has 1 amide bonds. The van der Waals surface area contributed by atoms with E-state index in [0.29, 0.717) is 23.9 Å². The Morgan fingerprint density at radius 2 is 2.06 bits per heavy atom. The summed E-state index contributed by atoms with van der Waals surface area (Å²) in [5, 5.41) is 6.59. The van der Waals surface area contributed by atoms with Crippen LogP contribution in [-0.2, 0) is 0 Å². The normalized spacial score (nSPS) is 10.6. The number of hydrogen-bond acceptors (Lipinski definition) is 3. The highest BCUT2D eigenvalue weighted by Gasteiger charge is 2.13. The van der Waals surface area contributed by atoms with Gasteiger partial charge >= 0.3 is 0 Å². The van der Waals surface area contributed by atoms with Crippen LogP contribution in [0.15, 0.2) is 40.9 Å². The maximum Gasteiger partial charge on any atom is 0.273 e. The molecule has 2 aromatic rings. The summed E-state index contributed by atoms with van der Waals surface area (Å²) >= 11 is 0. The van der Waals surface area contributed by atoms with Crippen molar-refractivity contribution in [3.8, 4) is 11.3 Å². The Hall–Kier alpha value is -2.10. The molecule has 4 nitrogen and oxygen atoms in total. The van der Waals surface area contributed by atoms with Crippen molar-refractivity contribution >= 4 is 5.91 Å². The van der Waals surface area contributed by atoms with E-state index in [1.165, 1.54) is 0 Å². The minimum Gasteiger partial charge on any atom is -0.355 e. The molecule has 0 saturated heterocycles. The van der Waals surface area contributed by atoms with Crippen molar-refractivity contribution in [2.75, 3.05) is 6.54 Å². The van der Waals surface area contributed by atoms with Gasteiger partial charge in [0.1, 0.15) is 0 Å². The molecule has 94 valence electrons. The van der Waals surface area contributed by atoms with E-state index in [1.807, 2.05) is 44.2 Å². The van der Waals surface area contributed by atoms with Crippen LogP contribution in [0.2, 0.25) is 0 Å². The number of amides is 1. The maximum absolute atomic E-state index is 11.8. The molecule has 0 aliphatic heterocycles. The van der Waals surface area contributed by atoms with Crippen molar-refractivity contribution in [2.45, 2.75) is 13.8 Å². The van der Waals surface area contributed by atoms with Gasteiger partial charge in [0.15, 0.2) is 11.5 Å². The second kappa shape index (κ2) is 5.49. The van der Waals surface area contributed by atoms with Gasteiger partial charge in [-0.05, 0) is 5.92 Å². The Morgan fingerprint density at radius 3 is 2.72 bits per heavy atom. The summed E-state index contributed by atoms with van der Waals surface area (Å²) in [4.78, 5) is 11.8. The number of hydrogen-bond donors (Lipinski definition) is 1. The smallest absolute Gasteiger partial charge is 0.273 e. The first-order valence-electron chi connectivity index (χ1n) is 5.97.